The van der Waals surface area contributed by atoms with Gasteiger partial charge in [-0.3, -0.25) is 9.69 Å². The number of carbonyl (C=O) groups is 1. The summed E-state index contributed by atoms with van der Waals surface area (Å²) in [5.41, 5.74) is 0.000779. The van der Waals surface area contributed by atoms with Crippen molar-refractivity contribution >= 4 is 11.6 Å². The fourth-order valence-corrected chi connectivity index (χ4v) is 2.56. The number of alkyl halides is 3. The Balaban J connectivity index is 1.88. The van der Waals surface area contributed by atoms with E-state index < -0.39 is 11.7 Å². The quantitative estimate of drug-likeness (QED) is 0.848. The highest BCUT2D eigenvalue weighted by Gasteiger charge is 2.31. The molecule has 0 atom stereocenters. The third-order valence-electron chi connectivity index (χ3n) is 4.20. The minimum atomic E-state index is -4.31. The molecule has 1 saturated heterocycles. The average Bonchev–Trinajstić information content (AvgIpc) is 2.52. The summed E-state index contributed by atoms with van der Waals surface area (Å²) in [5, 5.41) is 0. The van der Waals surface area contributed by atoms with E-state index in [0.717, 1.165) is 25.7 Å². The zero-order valence-corrected chi connectivity index (χ0v) is 13.4. The van der Waals surface area contributed by atoms with Crippen molar-refractivity contribution in [1.82, 2.24) is 9.80 Å². The van der Waals surface area contributed by atoms with Gasteiger partial charge in [0.15, 0.2) is 0 Å². The summed E-state index contributed by atoms with van der Waals surface area (Å²) in [4.78, 5) is 17.0. The molecule has 1 aromatic rings. The highest BCUT2D eigenvalue weighted by molar-refractivity contribution is 5.72. The van der Waals surface area contributed by atoms with Crippen LogP contribution in [0.5, 0.6) is 0 Å². The van der Waals surface area contributed by atoms with E-state index in [-0.39, 0.29) is 5.91 Å². The Morgan fingerprint density at radius 3 is 2.43 bits per heavy atom. The number of anilines is 1. The van der Waals surface area contributed by atoms with E-state index in [1.807, 2.05) is 4.90 Å². The minimum Gasteiger partial charge on any atom is -0.369 e. The lowest BCUT2D eigenvalue weighted by atomic mass is 10.1. The molecule has 0 bridgehead atoms. The monoisotopic (exact) mass is 329 g/mol. The first-order valence-corrected chi connectivity index (χ1v) is 7.63. The molecule has 128 valence electrons. The van der Waals surface area contributed by atoms with Gasteiger partial charge in [-0.1, -0.05) is 6.07 Å². The summed E-state index contributed by atoms with van der Waals surface area (Å²) >= 11 is 0. The van der Waals surface area contributed by atoms with E-state index in [4.69, 9.17) is 0 Å². The molecule has 4 nitrogen and oxygen atoms in total. The Morgan fingerprint density at radius 1 is 1.22 bits per heavy atom. The van der Waals surface area contributed by atoms with E-state index in [0.29, 0.717) is 25.3 Å². The van der Waals surface area contributed by atoms with Crippen molar-refractivity contribution in [2.45, 2.75) is 13.1 Å². The van der Waals surface area contributed by atoms with E-state index >= 15 is 0 Å². The number of hydrogen-bond donors (Lipinski definition) is 0. The summed E-state index contributed by atoms with van der Waals surface area (Å²) < 4.78 is 38.3. The van der Waals surface area contributed by atoms with Crippen LogP contribution in [-0.2, 0) is 11.0 Å². The molecule has 0 unspecified atom stereocenters. The van der Waals surface area contributed by atoms with E-state index in [9.17, 15) is 18.0 Å². The Morgan fingerprint density at radius 2 is 1.87 bits per heavy atom. The van der Waals surface area contributed by atoms with Crippen molar-refractivity contribution in [3.8, 4) is 0 Å². The normalized spacial score (nSPS) is 16.5. The fraction of sp³-hybridized carbons (Fsp3) is 0.562. The second kappa shape index (κ2) is 7.21. The molecule has 2 rings (SSSR count). The number of benzene rings is 1. The first kappa shape index (κ1) is 17.6. The molecule has 23 heavy (non-hydrogen) atoms. The third kappa shape index (κ3) is 4.86. The molecule has 1 aliphatic heterocycles. The molecule has 0 N–H and O–H groups in total. The van der Waals surface area contributed by atoms with Gasteiger partial charge in [0.25, 0.3) is 0 Å². The van der Waals surface area contributed by atoms with Gasteiger partial charge in [0, 0.05) is 58.9 Å². The molecule has 1 fully saturated rings. The predicted octanol–water partition coefficient (Wildman–Crippen LogP) is 2.31. The topological polar surface area (TPSA) is 26.8 Å². The molecule has 0 saturated carbocycles. The molecule has 7 heteroatoms. The molecular formula is C16H22F3N3O. The van der Waals surface area contributed by atoms with Gasteiger partial charge in [0.1, 0.15) is 0 Å². The van der Waals surface area contributed by atoms with Gasteiger partial charge in [-0.15, -0.1) is 0 Å². The summed E-state index contributed by atoms with van der Waals surface area (Å²) in [6.07, 6.45) is -4.31. The lowest BCUT2D eigenvalue weighted by Gasteiger charge is -2.36. The van der Waals surface area contributed by atoms with E-state index in [1.165, 1.54) is 19.1 Å². The lowest BCUT2D eigenvalue weighted by molar-refractivity contribution is -0.137. The number of halogens is 3. The van der Waals surface area contributed by atoms with Gasteiger partial charge < -0.3 is 9.80 Å². The number of rotatable bonds is 4. The van der Waals surface area contributed by atoms with Crippen LogP contribution in [-0.4, -0.2) is 62.0 Å². The van der Waals surface area contributed by atoms with Gasteiger partial charge in [-0.05, 0) is 18.2 Å². The molecule has 0 radical (unpaired) electrons. The van der Waals surface area contributed by atoms with Crippen LogP contribution in [0.25, 0.3) is 0 Å². The fourth-order valence-electron chi connectivity index (χ4n) is 2.56. The summed E-state index contributed by atoms with van der Waals surface area (Å²) in [6.45, 7) is 5.91. The molecule has 1 amide bonds. The van der Waals surface area contributed by atoms with Crippen molar-refractivity contribution in [1.29, 1.82) is 0 Å². The molecule has 1 aliphatic rings. The third-order valence-corrected chi connectivity index (χ3v) is 4.20. The van der Waals surface area contributed by atoms with Gasteiger partial charge >= 0.3 is 6.18 Å². The van der Waals surface area contributed by atoms with Gasteiger partial charge in [0.2, 0.25) is 5.91 Å². The number of hydrogen-bond acceptors (Lipinski definition) is 3. The van der Waals surface area contributed by atoms with Crippen molar-refractivity contribution in [2.24, 2.45) is 0 Å². The second-order valence-corrected chi connectivity index (χ2v) is 5.82. The lowest BCUT2D eigenvalue weighted by Crippen LogP contribution is -2.48. The zero-order chi connectivity index (χ0) is 17.0. The Bertz CT molecular complexity index is 540. The number of nitrogens with zero attached hydrogens (tertiary/aromatic N) is 3. The van der Waals surface area contributed by atoms with Crippen LogP contribution in [0, 0.1) is 0 Å². The SMILES string of the molecule is CC(=O)N(C)CCN1CCN(c2cccc(C(F)(F)F)c2)CC1. The molecule has 0 aliphatic carbocycles. The highest BCUT2D eigenvalue weighted by atomic mass is 19.4. The summed E-state index contributed by atoms with van der Waals surface area (Å²) in [6, 6.07) is 5.47. The number of likely N-dealkylation sites (N-methyl/N-ethyl adjacent to an activating group) is 1. The standard InChI is InChI=1S/C16H22F3N3O/c1-13(23)20(2)6-7-21-8-10-22(11-9-21)15-5-3-4-14(12-15)16(17,18)19/h3-5,12H,6-11H2,1-2H3. The molecule has 1 heterocycles. The maximum atomic E-state index is 12.8. The molecular weight excluding hydrogens is 307 g/mol. The summed E-state index contributed by atoms with van der Waals surface area (Å²) in [7, 11) is 1.77. The van der Waals surface area contributed by atoms with Crippen LogP contribution in [0.3, 0.4) is 0 Å². The molecule has 0 spiro atoms. The number of amides is 1. The Labute approximate surface area is 134 Å². The second-order valence-electron chi connectivity index (χ2n) is 5.82. The number of piperazine rings is 1. The summed E-state index contributed by atoms with van der Waals surface area (Å²) in [5.74, 6) is 0.0348. The van der Waals surface area contributed by atoms with Crippen LogP contribution < -0.4 is 4.90 Å². The van der Waals surface area contributed by atoms with Gasteiger partial charge in [-0.25, -0.2) is 0 Å². The maximum Gasteiger partial charge on any atom is 0.416 e. The van der Waals surface area contributed by atoms with Crippen molar-refractivity contribution < 1.29 is 18.0 Å². The average molecular weight is 329 g/mol. The zero-order valence-electron chi connectivity index (χ0n) is 13.4. The van der Waals surface area contributed by atoms with Crippen LogP contribution in [0.15, 0.2) is 24.3 Å². The van der Waals surface area contributed by atoms with Crippen LogP contribution in [0.2, 0.25) is 0 Å². The van der Waals surface area contributed by atoms with E-state index in [2.05, 4.69) is 4.90 Å². The van der Waals surface area contributed by atoms with Crippen LogP contribution >= 0.6 is 0 Å². The smallest absolute Gasteiger partial charge is 0.369 e. The first-order valence-electron chi connectivity index (χ1n) is 7.63. The first-order chi connectivity index (χ1) is 10.8. The van der Waals surface area contributed by atoms with Crippen molar-refractivity contribution in [3.63, 3.8) is 0 Å². The Kier molecular flexibility index (Phi) is 5.51. The van der Waals surface area contributed by atoms with Crippen LogP contribution in [0.1, 0.15) is 12.5 Å². The molecule has 0 aromatic heterocycles. The van der Waals surface area contributed by atoms with Gasteiger partial charge in [-0.2, -0.15) is 13.2 Å². The van der Waals surface area contributed by atoms with Gasteiger partial charge in [0.05, 0.1) is 5.56 Å². The predicted molar refractivity (Wildman–Crippen MR) is 83.4 cm³/mol. The maximum absolute atomic E-state index is 12.8. The minimum absolute atomic E-state index is 0.0348. The number of carbonyl (C=O) groups excluding carboxylic acids is 1. The molecule has 1 aromatic carbocycles. The van der Waals surface area contributed by atoms with Crippen molar-refractivity contribution in [3.05, 3.63) is 29.8 Å². The Hall–Kier alpha value is -1.76. The van der Waals surface area contributed by atoms with Crippen molar-refractivity contribution in [2.75, 3.05) is 51.2 Å². The highest BCUT2D eigenvalue weighted by Crippen LogP contribution is 2.31. The largest absolute Gasteiger partial charge is 0.416 e. The van der Waals surface area contributed by atoms with Crippen LogP contribution in [0.4, 0.5) is 18.9 Å². The van der Waals surface area contributed by atoms with E-state index in [1.54, 1.807) is 18.0 Å².